The van der Waals surface area contributed by atoms with Crippen molar-refractivity contribution in [3.8, 4) is 0 Å². The van der Waals surface area contributed by atoms with Gasteiger partial charge >= 0.3 is 0 Å². The van der Waals surface area contributed by atoms with Gasteiger partial charge in [-0.15, -0.1) is 0 Å². The van der Waals surface area contributed by atoms with Crippen LogP contribution < -0.4 is 5.73 Å². The summed E-state index contributed by atoms with van der Waals surface area (Å²) in [4.78, 5) is 0. The summed E-state index contributed by atoms with van der Waals surface area (Å²) < 4.78 is 0. The van der Waals surface area contributed by atoms with Gasteiger partial charge in [0.1, 0.15) is 0 Å². The molecule has 2 N–H and O–H groups in total. The summed E-state index contributed by atoms with van der Waals surface area (Å²) in [6.45, 7) is 9.51. The van der Waals surface area contributed by atoms with Gasteiger partial charge < -0.3 is 5.73 Å². The molecule has 0 aliphatic rings. The third-order valence-electron chi connectivity index (χ3n) is 4.41. The van der Waals surface area contributed by atoms with Gasteiger partial charge in [-0.05, 0) is 36.0 Å². The van der Waals surface area contributed by atoms with Crippen LogP contribution in [0.4, 0.5) is 0 Å². The van der Waals surface area contributed by atoms with Crippen LogP contribution in [-0.4, -0.2) is 6.54 Å². The van der Waals surface area contributed by atoms with Crippen LogP contribution in [0.3, 0.4) is 0 Å². The highest BCUT2D eigenvalue weighted by Crippen LogP contribution is 2.28. The molecule has 2 aromatic carbocycles. The zero-order valence-electron chi connectivity index (χ0n) is 13.7. The van der Waals surface area contributed by atoms with Crippen molar-refractivity contribution >= 4 is 0 Å². The largest absolute Gasteiger partial charge is 0.330 e. The molecule has 1 atom stereocenters. The predicted octanol–water partition coefficient (Wildman–Crippen LogP) is 4.58. The van der Waals surface area contributed by atoms with E-state index in [-0.39, 0.29) is 5.41 Å². The van der Waals surface area contributed by atoms with Crippen LogP contribution >= 0.6 is 0 Å². The second-order valence-electron chi connectivity index (χ2n) is 6.71. The second-order valence-corrected chi connectivity index (χ2v) is 6.71. The molecule has 0 fully saturated rings. The quantitative estimate of drug-likeness (QED) is 0.853. The minimum absolute atomic E-state index is 0.00856. The summed E-state index contributed by atoms with van der Waals surface area (Å²) in [5, 5.41) is 0. The summed E-state index contributed by atoms with van der Waals surface area (Å²) in [7, 11) is 0. The number of hydrogen-bond acceptors (Lipinski definition) is 1. The molecule has 0 aliphatic carbocycles. The Balaban J connectivity index is 2.25. The Morgan fingerprint density at radius 2 is 1.71 bits per heavy atom. The van der Waals surface area contributed by atoms with Crippen LogP contribution in [0.5, 0.6) is 0 Å². The Kier molecular flexibility index (Phi) is 4.84. The summed E-state index contributed by atoms with van der Waals surface area (Å²) in [6, 6.07) is 17.7. The van der Waals surface area contributed by atoms with Gasteiger partial charge in [0, 0.05) is 12.0 Å². The topological polar surface area (TPSA) is 26.0 Å². The highest BCUT2D eigenvalue weighted by atomic mass is 14.6. The van der Waals surface area contributed by atoms with Crippen molar-refractivity contribution in [3.63, 3.8) is 0 Å². The fraction of sp³-hybridized carbons (Fsp3) is 0.400. The number of aryl methyl sites for hydroxylation is 1. The molecule has 0 bridgehead atoms. The van der Waals surface area contributed by atoms with Crippen LogP contribution in [-0.2, 0) is 11.8 Å². The monoisotopic (exact) mass is 281 g/mol. The standard InChI is InChI=1S/C20H27N/c1-15(2)18-10-8-17(9-11-18)13-20(4,14-21)19-7-5-6-16(3)12-19/h5-12,15H,13-14,21H2,1-4H3. The van der Waals surface area contributed by atoms with Crippen molar-refractivity contribution in [2.75, 3.05) is 6.54 Å². The molecule has 112 valence electrons. The van der Waals surface area contributed by atoms with E-state index in [0.29, 0.717) is 12.5 Å². The molecule has 1 unspecified atom stereocenters. The zero-order valence-corrected chi connectivity index (χ0v) is 13.7. The predicted molar refractivity (Wildman–Crippen MR) is 91.8 cm³/mol. The third-order valence-corrected chi connectivity index (χ3v) is 4.41. The first-order valence-electron chi connectivity index (χ1n) is 7.81. The molecular formula is C20H27N. The Bertz CT molecular complexity index is 583. The van der Waals surface area contributed by atoms with Crippen molar-refractivity contribution < 1.29 is 0 Å². The Labute approximate surface area is 129 Å². The summed E-state index contributed by atoms with van der Waals surface area (Å²) in [6.07, 6.45) is 0.978. The van der Waals surface area contributed by atoms with Gasteiger partial charge in [-0.2, -0.15) is 0 Å². The fourth-order valence-electron chi connectivity index (χ4n) is 2.78. The average molecular weight is 281 g/mol. The van der Waals surface area contributed by atoms with Gasteiger partial charge in [0.2, 0.25) is 0 Å². The van der Waals surface area contributed by atoms with E-state index in [1.54, 1.807) is 0 Å². The Hall–Kier alpha value is -1.60. The SMILES string of the molecule is Cc1cccc(C(C)(CN)Cc2ccc(C(C)C)cc2)c1. The summed E-state index contributed by atoms with van der Waals surface area (Å²) in [5.74, 6) is 0.580. The first-order valence-corrected chi connectivity index (χ1v) is 7.81. The van der Waals surface area contributed by atoms with Crippen molar-refractivity contribution in [1.82, 2.24) is 0 Å². The molecule has 0 heterocycles. The van der Waals surface area contributed by atoms with Crippen LogP contribution in [0.2, 0.25) is 0 Å². The smallest absolute Gasteiger partial charge is 0.00876 e. The van der Waals surface area contributed by atoms with Crippen molar-refractivity contribution in [2.24, 2.45) is 5.73 Å². The number of nitrogens with two attached hydrogens (primary N) is 1. The maximum Gasteiger partial charge on any atom is 0.00876 e. The molecule has 2 rings (SSSR count). The summed E-state index contributed by atoms with van der Waals surface area (Å²) in [5.41, 5.74) is 11.5. The normalized spacial score (nSPS) is 14.2. The van der Waals surface area contributed by atoms with Crippen molar-refractivity contribution in [3.05, 3.63) is 70.8 Å². The second kappa shape index (κ2) is 6.44. The molecule has 0 radical (unpaired) electrons. The zero-order chi connectivity index (χ0) is 15.5. The lowest BCUT2D eigenvalue weighted by Gasteiger charge is -2.29. The first kappa shape index (κ1) is 15.8. The van der Waals surface area contributed by atoms with Gasteiger partial charge in [-0.3, -0.25) is 0 Å². The molecular weight excluding hydrogens is 254 g/mol. The molecule has 0 saturated carbocycles. The highest BCUT2D eigenvalue weighted by molar-refractivity contribution is 5.33. The number of hydrogen-bond donors (Lipinski definition) is 1. The molecule has 2 aromatic rings. The molecule has 0 aromatic heterocycles. The first-order chi connectivity index (χ1) is 9.94. The van der Waals surface area contributed by atoms with E-state index in [4.69, 9.17) is 5.73 Å². The van der Waals surface area contributed by atoms with Crippen molar-refractivity contribution in [2.45, 2.75) is 45.4 Å². The molecule has 0 saturated heterocycles. The van der Waals surface area contributed by atoms with E-state index in [1.165, 1.54) is 22.3 Å². The van der Waals surface area contributed by atoms with E-state index in [0.717, 1.165) is 6.42 Å². The molecule has 1 heteroatoms. The fourth-order valence-corrected chi connectivity index (χ4v) is 2.78. The summed E-state index contributed by atoms with van der Waals surface area (Å²) >= 11 is 0. The van der Waals surface area contributed by atoms with Crippen molar-refractivity contribution in [1.29, 1.82) is 0 Å². The van der Waals surface area contributed by atoms with E-state index in [9.17, 15) is 0 Å². The van der Waals surface area contributed by atoms with Gasteiger partial charge in [0.05, 0.1) is 0 Å². The van der Waals surface area contributed by atoms with Gasteiger partial charge in [0.25, 0.3) is 0 Å². The van der Waals surface area contributed by atoms with Gasteiger partial charge in [-0.25, -0.2) is 0 Å². The van der Waals surface area contributed by atoms with Gasteiger partial charge in [-0.1, -0.05) is 74.9 Å². The van der Waals surface area contributed by atoms with Crippen LogP contribution in [0.15, 0.2) is 48.5 Å². The molecule has 1 nitrogen and oxygen atoms in total. The Morgan fingerprint density at radius 1 is 1.05 bits per heavy atom. The van der Waals surface area contributed by atoms with E-state index in [1.807, 2.05) is 0 Å². The lowest BCUT2D eigenvalue weighted by Crippen LogP contribution is -2.34. The molecule has 0 amide bonds. The maximum atomic E-state index is 6.12. The molecule has 0 aliphatic heterocycles. The number of benzene rings is 2. The lowest BCUT2D eigenvalue weighted by atomic mass is 9.77. The highest BCUT2D eigenvalue weighted by Gasteiger charge is 2.25. The number of rotatable bonds is 5. The minimum atomic E-state index is -0.00856. The molecule has 21 heavy (non-hydrogen) atoms. The van der Waals surface area contributed by atoms with Crippen LogP contribution in [0, 0.1) is 6.92 Å². The van der Waals surface area contributed by atoms with E-state index < -0.39 is 0 Å². The van der Waals surface area contributed by atoms with Gasteiger partial charge in [0.15, 0.2) is 0 Å². The van der Waals surface area contributed by atoms with Crippen LogP contribution in [0.25, 0.3) is 0 Å². The molecule has 0 spiro atoms. The average Bonchev–Trinajstić information content (AvgIpc) is 2.47. The van der Waals surface area contributed by atoms with Crippen LogP contribution in [0.1, 0.15) is 48.9 Å². The van der Waals surface area contributed by atoms with E-state index >= 15 is 0 Å². The maximum absolute atomic E-state index is 6.12. The van der Waals surface area contributed by atoms with E-state index in [2.05, 4.69) is 76.2 Å². The lowest BCUT2D eigenvalue weighted by molar-refractivity contribution is 0.480. The minimum Gasteiger partial charge on any atom is -0.330 e. The Morgan fingerprint density at radius 3 is 2.24 bits per heavy atom. The third kappa shape index (κ3) is 3.74.